The highest BCUT2D eigenvalue weighted by atomic mass is 19.1. The normalized spacial score (nSPS) is 14.0. The van der Waals surface area contributed by atoms with Crippen molar-refractivity contribution in [2.75, 3.05) is 0 Å². The molecule has 1 fully saturated rings. The lowest BCUT2D eigenvalue weighted by molar-refractivity contribution is 0.0695. The summed E-state index contributed by atoms with van der Waals surface area (Å²) in [6.07, 6.45) is 3.21. The molecule has 0 unspecified atom stereocenters. The number of pyridine rings is 2. The molecule has 0 bridgehead atoms. The van der Waals surface area contributed by atoms with Gasteiger partial charge in [0.1, 0.15) is 11.4 Å². The van der Waals surface area contributed by atoms with E-state index in [0.29, 0.717) is 16.6 Å². The fourth-order valence-corrected chi connectivity index (χ4v) is 3.39. The Kier molecular flexibility index (Phi) is 3.64. The number of aromatic carboxylic acids is 1. The number of benzene rings is 1. The number of fused-ring (bicyclic) bond motifs is 1. The van der Waals surface area contributed by atoms with Gasteiger partial charge in [-0.15, -0.1) is 0 Å². The topological polar surface area (TPSA) is 72.2 Å². The van der Waals surface area contributed by atoms with Crippen LogP contribution in [-0.2, 0) is 0 Å². The van der Waals surface area contributed by atoms with Gasteiger partial charge in [0.05, 0.1) is 5.52 Å². The van der Waals surface area contributed by atoms with Crippen LogP contribution in [0.1, 0.15) is 40.6 Å². The summed E-state index contributed by atoms with van der Waals surface area (Å²) in [6, 6.07) is 6.54. The van der Waals surface area contributed by atoms with E-state index in [2.05, 4.69) is 4.98 Å². The summed E-state index contributed by atoms with van der Waals surface area (Å²) in [5, 5.41) is 9.40. The maximum absolute atomic E-state index is 14.8. The van der Waals surface area contributed by atoms with E-state index in [-0.39, 0.29) is 17.0 Å². The lowest BCUT2D eigenvalue weighted by Gasteiger charge is -2.14. The van der Waals surface area contributed by atoms with Crippen LogP contribution in [0.4, 0.5) is 4.39 Å². The van der Waals surface area contributed by atoms with Gasteiger partial charge >= 0.3 is 5.97 Å². The molecule has 1 saturated carbocycles. The number of hydrogen-bond donors (Lipinski definition) is 1. The van der Waals surface area contributed by atoms with Crippen LogP contribution in [0.15, 0.2) is 35.3 Å². The van der Waals surface area contributed by atoms with Gasteiger partial charge in [0, 0.05) is 34.6 Å². The second kappa shape index (κ2) is 5.76. The van der Waals surface area contributed by atoms with Crippen LogP contribution < -0.4 is 5.43 Å². The quantitative estimate of drug-likeness (QED) is 0.726. The number of carboxylic acid groups (broad SMARTS) is 1. The van der Waals surface area contributed by atoms with Crippen molar-refractivity contribution >= 4 is 16.9 Å². The van der Waals surface area contributed by atoms with Gasteiger partial charge in [-0.05, 0) is 56.5 Å². The van der Waals surface area contributed by atoms with E-state index >= 15 is 0 Å². The van der Waals surface area contributed by atoms with Gasteiger partial charge in [0.25, 0.3) is 0 Å². The molecule has 5 nitrogen and oxygen atoms in total. The Labute approximate surface area is 148 Å². The number of aromatic nitrogens is 2. The molecule has 1 aliphatic rings. The average molecular weight is 353 g/mol. The molecule has 3 aromatic rings. The smallest absolute Gasteiger partial charge is 0.341 e. The van der Waals surface area contributed by atoms with Crippen LogP contribution in [0.25, 0.3) is 22.0 Å². The summed E-state index contributed by atoms with van der Waals surface area (Å²) in [6.45, 7) is 3.68. The Morgan fingerprint density at radius 1 is 1.19 bits per heavy atom. The minimum atomic E-state index is -1.30. The zero-order valence-corrected chi connectivity index (χ0v) is 14.4. The summed E-state index contributed by atoms with van der Waals surface area (Å²) >= 11 is 0. The Bertz CT molecular complexity index is 1110. The van der Waals surface area contributed by atoms with Crippen molar-refractivity contribution in [2.24, 2.45) is 0 Å². The molecule has 0 atom stereocenters. The third-order valence-electron chi connectivity index (χ3n) is 4.68. The van der Waals surface area contributed by atoms with Crippen LogP contribution in [0, 0.1) is 19.7 Å². The zero-order chi connectivity index (χ0) is 18.6. The molecule has 132 valence electrons. The number of carboxylic acids is 1. The number of rotatable bonds is 3. The molecule has 4 rings (SSSR count). The van der Waals surface area contributed by atoms with Crippen molar-refractivity contribution in [2.45, 2.75) is 32.7 Å². The van der Waals surface area contributed by atoms with Gasteiger partial charge in [-0.1, -0.05) is 0 Å². The second-order valence-electron chi connectivity index (χ2n) is 6.80. The summed E-state index contributed by atoms with van der Waals surface area (Å²) in [4.78, 5) is 28.2. The first-order chi connectivity index (χ1) is 12.3. The first-order valence-electron chi connectivity index (χ1n) is 8.42. The summed E-state index contributed by atoms with van der Waals surface area (Å²) < 4.78 is 16.6. The predicted molar refractivity (Wildman–Crippen MR) is 96.1 cm³/mol. The molecule has 6 heteroatoms. The molecule has 1 N–H and O–H groups in total. The molecule has 1 aliphatic carbocycles. The van der Waals surface area contributed by atoms with Gasteiger partial charge in [-0.3, -0.25) is 9.78 Å². The Morgan fingerprint density at radius 3 is 2.42 bits per heavy atom. The Morgan fingerprint density at radius 2 is 1.85 bits per heavy atom. The first kappa shape index (κ1) is 16.4. The van der Waals surface area contributed by atoms with Crippen LogP contribution in [0.2, 0.25) is 0 Å². The highest BCUT2D eigenvalue weighted by molar-refractivity contribution is 5.94. The molecule has 0 aliphatic heterocycles. The summed E-state index contributed by atoms with van der Waals surface area (Å²) in [5.41, 5.74) is 2.20. The van der Waals surface area contributed by atoms with Crippen molar-refractivity contribution in [1.29, 1.82) is 0 Å². The molecular formula is C20H17FN2O3. The number of carbonyl (C=O) groups is 1. The maximum Gasteiger partial charge on any atom is 0.341 e. The van der Waals surface area contributed by atoms with Crippen LogP contribution in [-0.4, -0.2) is 20.6 Å². The Hall–Kier alpha value is -3.02. The molecular weight excluding hydrogens is 336 g/mol. The van der Waals surface area contributed by atoms with Gasteiger partial charge in [0.15, 0.2) is 0 Å². The van der Waals surface area contributed by atoms with Gasteiger partial charge in [-0.2, -0.15) is 0 Å². The van der Waals surface area contributed by atoms with E-state index in [1.807, 2.05) is 13.8 Å². The van der Waals surface area contributed by atoms with E-state index in [4.69, 9.17) is 0 Å². The largest absolute Gasteiger partial charge is 0.477 e. The second-order valence-corrected chi connectivity index (χ2v) is 6.80. The summed E-state index contributed by atoms with van der Waals surface area (Å²) in [7, 11) is 0. The monoisotopic (exact) mass is 353 g/mol. The third kappa shape index (κ3) is 2.67. The lowest BCUT2D eigenvalue weighted by Crippen LogP contribution is -2.19. The van der Waals surface area contributed by atoms with Crippen LogP contribution >= 0.6 is 0 Å². The van der Waals surface area contributed by atoms with Crippen molar-refractivity contribution in [3.63, 3.8) is 0 Å². The number of aryl methyl sites for hydroxylation is 2. The van der Waals surface area contributed by atoms with Crippen LogP contribution in [0.5, 0.6) is 0 Å². The zero-order valence-electron chi connectivity index (χ0n) is 14.4. The minimum absolute atomic E-state index is 0.0977. The molecule has 2 heterocycles. The highest BCUT2D eigenvalue weighted by Crippen LogP contribution is 2.38. The standard InChI is InChI=1S/C20H17FN2O3/c1-10-5-12(6-11(2)22-10)14-8-18-15(7-17(14)21)19(24)16(20(25)26)9-23(18)13-3-4-13/h5-9,13H,3-4H2,1-2H3,(H,25,26)/i20+1. The predicted octanol–water partition coefficient (Wildman–Crippen LogP) is 3.85. The van der Waals surface area contributed by atoms with E-state index in [1.165, 1.54) is 6.20 Å². The van der Waals surface area contributed by atoms with E-state index in [0.717, 1.165) is 30.3 Å². The van der Waals surface area contributed by atoms with Gasteiger partial charge in [-0.25, -0.2) is 9.18 Å². The van der Waals surface area contributed by atoms with Crippen molar-refractivity contribution in [3.05, 3.63) is 63.5 Å². The maximum atomic E-state index is 14.8. The summed E-state index contributed by atoms with van der Waals surface area (Å²) in [5.74, 6) is -1.85. The van der Waals surface area contributed by atoms with Crippen molar-refractivity contribution < 1.29 is 14.3 Å². The van der Waals surface area contributed by atoms with Gasteiger partial charge < -0.3 is 9.67 Å². The fraction of sp³-hybridized carbons (Fsp3) is 0.250. The molecule has 0 amide bonds. The number of halogens is 1. The molecule has 0 spiro atoms. The molecule has 26 heavy (non-hydrogen) atoms. The lowest BCUT2D eigenvalue weighted by atomic mass is 10.0. The number of nitrogens with zero attached hydrogens (tertiary/aromatic N) is 2. The van der Waals surface area contributed by atoms with E-state index in [1.54, 1.807) is 22.8 Å². The molecule has 0 radical (unpaired) electrons. The molecule has 2 aromatic heterocycles. The third-order valence-corrected chi connectivity index (χ3v) is 4.68. The van der Waals surface area contributed by atoms with E-state index in [9.17, 15) is 19.1 Å². The van der Waals surface area contributed by atoms with Crippen molar-refractivity contribution in [3.8, 4) is 11.1 Å². The molecule has 1 aromatic carbocycles. The minimum Gasteiger partial charge on any atom is -0.477 e. The fourth-order valence-electron chi connectivity index (χ4n) is 3.39. The number of hydrogen-bond acceptors (Lipinski definition) is 3. The van der Waals surface area contributed by atoms with Gasteiger partial charge in [0.2, 0.25) is 5.43 Å². The first-order valence-corrected chi connectivity index (χ1v) is 8.42. The Balaban J connectivity index is 2.05. The SMILES string of the molecule is Cc1cc(-c2cc3c(cc2F)c(=O)c([13C](=O)O)cn3C2CC2)cc(C)n1. The highest BCUT2D eigenvalue weighted by Gasteiger charge is 2.27. The average Bonchev–Trinajstić information content (AvgIpc) is 3.38. The molecule has 0 saturated heterocycles. The van der Waals surface area contributed by atoms with E-state index < -0.39 is 17.2 Å². The van der Waals surface area contributed by atoms with Crippen molar-refractivity contribution in [1.82, 2.24) is 9.55 Å². The van der Waals surface area contributed by atoms with Crippen LogP contribution in [0.3, 0.4) is 0 Å².